The van der Waals surface area contributed by atoms with E-state index in [4.69, 9.17) is 0 Å². The lowest BCUT2D eigenvalue weighted by atomic mass is 10.0. The van der Waals surface area contributed by atoms with E-state index in [1.807, 2.05) is 6.07 Å². The van der Waals surface area contributed by atoms with Gasteiger partial charge >= 0.3 is 0 Å². The van der Waals surface area contributed by atoms with Crippen molar-refractivity contribution < 1.29 is 0 Å². The minimum absolute atomic E-state index is 0.514. The SMILES string of the molecule is CCCNc1cncc(Nc2cccc(C(C)C)c2)n1. The summed E-state index contributed by atoms with van der Waals surface area (Å²) in [5, 5.41) is 6.54. The second-order valence-electron chi connectivity index (χ2n) is 5.12. The first-order chi connectivity index (χ1) is 9.69. The van der Waals surface area contributed by atoms with Crippen molar-refractivity contribution in [2.45, 2.75) is 33.1 Å². The Balaban J connectivity index is 2.11. The molecule has 4 heteroatoms. The molecule has 1 aromatic heterocycles. The van der Waals surface area contributed by atoms with E-state index in [-0.39, 0.29) is 0 Å². The zero-order valence-electron chi connectivity index (χ0n) is 12.4. The predicted octanol–water partition coefficient (Wildman–Crippen LogP) is 4.17. The predicted molar refractivity (Wildman–Crippen MR) is 84.6 cm³/mol. The van der Waals surface area contributed by atoms with Gasteiger partial charge in [0.1, 0.15) is 5.82 Å². The van der Waals surface area contributed by atoms with Crippen LogP contribution in [0.15, 0.2) is 36.7 Å². The summed E-state index contributed by atoms with van der Waals surface area (Å²) < 4.78 is 0. The molecule has 1 heterocycles. The topological polar surface area (TPSA) is 49.8 Å². The van der Waals surface area contributed by atoms with E-state index in [0.29, 0.717) is 5.92 Å². The first kappa shape index (κ1) is 14.3. The van der Waals surface area contributed by atoms with Gasteiger partial charge in [-0.15, -0.1) is 0 Å². The fraction of sp³-hybridized carbons (Fsp3) is 0.375. The molecule has 20 heavy (non-hydrogen) atoms. The van der Waals surface area contributed by atoms with E-state index in [1.54, 1.807) is 12.4 Å². The summed E-state index contributed by atoms with van der Waals surface area (Å²) in [6.07, 6.45) is 4.54. The van der Waals surface area contributed by atoms with Crippen LogP contribution in [0.2, 0.25) is 0 Å². The summed E-state index contributed by atoms with van der Waals surface area (Å²) in [4.78, 5) is 8.70. The molecule has 0 aliphatic heterocycles. The summed E-state index contributed by atoms with van der Waals surface area (Å²) in [7, 11) is 0. The zero-order chi connectivity index (χ0) is 14.4. The molecule has 4 nitrogen and oxygen atoms in total. The Morgan fingerprint density at radius 3 is 2.70 bits per heavy atom. The third kappa shape index (κ3) is 3.95. The number of nitrogens with zero attached hydrogens (tertiary/aromatic N) is 2. The molecule has 1 aromatic carbocycles. The summed E-state index contributed by atoms with van der Waals surface area (Å²) in [5.74, 6) is 2.07. The first-order valence-electron chi connectivity index (χ1n) is 7.12. The highest BCUT2D eigenvalue weighted by Crippen LogP contribution is 2.21. The van der Waals surface area contributed by atoms with Crippen LogP contribution >= 0.6 is 0 Å². The van der Waals surface area contributed by atoms with Gasteiger partial charge in [0, 0.05) is 12.2 Å². The molecule has 0 saturated carbocycles. The molecule has 0 fully saturated rings. The summed E-state index contributed by atoms with van der Waals surface area (Å²) in [5.41, 5.74) is 2.35. The van der Waals surface area contributed by atoms with Crippen molar-refractivity contribution in [3.63, 3.8) is 0 Å². The minimum atomic E-state index is 0.514. The maximum atomic E-state index is 4.50. The van der Waals surface area contributed by atoms with Crippen molar-refractivity contribution >= 4 is 17.3 Å². The highest BCUT2D eigenvalue weighted by Gasteiger charge is 2.02. The van der Waals surface area contributed by atoms with Gasteiger partial charge in [-0.3, -0.25) is 4.98 Å². The van der Waals surface area contributed by atoms with E-state index in [9.17, 15) is 0 Å². The molecule has 0 atom stereocenters. The number of benzene rings is 1. The Morgan fingerprint density at radius 1 is 1.15 bits per heavy atom. The van der Waals surface area contributed by atoms with Crippen LogP contribution in [-0.4, -0.2) is 16.5 Å². The third-order valence-electron chi connectivity index (χ3n) is 3.02. The van der Waals surface area contributed by atoms with Crippen LogP contribution in [0.4, 0.5) is 17.3 Å². The maximum Gasteiger partial charge on any atom is 0.151 e. The smallest absolute Gasteiger partial charge is 0.151 e. The van der Waals surface area contributed by atoms with Crippen LogP contribution in [-0.2, 0) is 0 Å². The van der Waals surface area contributed by atoms with E-state index < -0.39 is 0 Å². The quantitative estimate of drug-likeness (QED) is 0.827. The molecule has 2 aromatic rings. The Labute approximate surface area is 120 Å². The standard InChI is InChI=1S/C16H22N4/c1-4-8-18-15-10-17-11-16(20-15)19-14-7-5-6-13(9-14)12(2)3/h5-7,9-12H,4,8H2,1-3H3,(H2,18,19,20). The van der Waals surface area contributed by atoms with Gasteiger partial charge in [0.05, 0.1) is 12.4 Å². The number of anilines is 3. The molecular formula is C16H22N4. The lowest BCUT2D eigenvalue weighted by Crippen LogP contribution is -2.04. The van der Waals surface area contributed by atoms with Gasteiger partial charge in [-0.25, -0.2) is 4.98 Å². The van der Waals surface area contributed by atoms with Gasteiger partial charge in [-0.1, -0.05) is 32.9 Å². The van der Waals surface area contributed by atoms with Crippen LogP contribution < -0.4 is 10.6 Å². The summed E-state index contributed by atoms with van der Waals surface area (Å²) in [6.45, 7) is 7.41. The van der Waals surface area contributed by atoms with E-state index in [1.165, 1.54) is 5.56 Å². The Kier molecular flexibility index (Phi) is 4.93. The Hall–Kier alpha value is -2.10. The Bertz CT molecular complexity index is 552. The molecule has 0 radical (unpaired) electrons. The summed E-state index contributed by atoms with van der Waals surface area (Å²) >= 11 is 0. The number of rotatable bonds is 6. The average molecular weight is 270 g/mol. The summed E-state index contributed by atoms with van der Waals surface area (Å²) in [6, 6.07) is 8.39. The number of hydrogen-bond donors (Lipinski definition) is 2. The number of aromatic nitrogens is 2. The fourth-order valence-corrected chi connectivity index (χ4v) is 1.89. The van der Waals surface area contributed by atoms with Gasteiger partial charge in [0.2, 0.25) is 0 Å². The van der Waals surface area contributed by atoms with Gasteiger partial charge in [-0.2, -0.15) is 0 Å². The number of hydrogen-bond acceptors (Lipinski definition) is 4. The number of nitrogens with one attached hydrogen (secondary N) is 2. The maximum absolute atomic E-state index is 4.50. The van der Waals surface area contributed by atoms with Gasteiger partial charge in [0.25, 0.3) is 0 Å². The van der Waals surface area contributed by atoms with Crippen LogP contribution in [0.25, 0.3) is 0 Å². The van der Waals surface area contributed by atoms with Crippen molar-refractivity contribution in [1.29, 1.82) is 0 Å². The molecule has 106 valence electrons. The molecule has 0 spiro atoms. The van der Waals surface area contributed by atoms with E-state index in [0.717, 1.165) is 30.3 Å². The molecule has 2 rings (SSSR count). The molecule has 0 unspecified atom stereocenters. The van der Waals surface area contributed by atoms with Crippen LogP contribution in [0, 0.1) is 0 Å². The van der Waals surface area contributed by atoms with Gasteiger partial charge in [0.15, 0.2) is 5.82 Å². The second-order valence-corrected chi connectivity index (χ2v) is 5.12. The highest BCUT2D eigenvalue weighted by atomic mass is 15.1. The average Bonchev–Trinajstić information content (AvgIpc) is 2.46. The normalized spacial score (nSPS) is 10.6. The molecule has 2 N–H and O–H groups in total. The molecular weight excluding hydrogens is 248 g/mol. The van der Waals surface area contributed by atoms with Gasteiger partial charge in [-0.05, 0) is 30.0 Å². The molecule has 0 bridgehead atoms. The third-order valence-corrected chi connectivity index (χ3v) is 3.02. The largest absolute Gasteiger partial charge is 0.369 e. The lowest BCUT2D eigenvalue weighted by Gasteiger charge is -2.10. The highest BCUT2D eigenvalue weighted by molar-refractivity contribution is 5.57. The van der Waals surface area contributed by atoms with Crippen LogP contribution in [0.3, 0.4) is 0 Å². The van der Waals surface area contributed by atoms with Crippen molar-refractivity contribution in [2.24, 2.45) is 0 Å². The van der Waals surface area contributed by atoms with Crippen molar-refractivity contribution in [3.8, 4) is 0 Å². The molecule has 0 amide bonds. The lowest BCUT2D eigenvalue weighted by molar-refractivity contribution is 0.867. The zero-order valence-corrected chi connectivity index (χ0v) is 12.4. The van der Waals surface area contributed by atoms with E-state index >= 15 is 0 Å². The van der Waals surface area contributed by atoms with Crippen molar-refractivity contribution in [1.82, 2.24) is 9.97 Å². The first-order valence-corrected chi connectivity index (χ1v) is 7.12. The monoisotopic (exact) mass is 270 g/mol. The van der Waals surface area contributed by atoms with Crippen molar-refractivity contribution in [3.05, 3.63) is 42.2 Å². The second kappa shape index (κ2) is 6.89. The minimum Gasteiger partial charge on any atom is -0.369 e. The van der Waals surface area contributed by atoms with Gasteiger partial charge < -0.3 is 10.6 Å². The van der Waals surface area contributed by atoms with Crippen LogP contribution in [0.1, 0.15) is 38.7 Å². The molecule has 0 aliphatic carbocycles. The molecule has 0 aliphatic rings. The Morgan fingerprint density at radius 2 is 1.95 bits per heavy atom. The van der Waals surface area contributed by atoms with Crippen molar-refractivity contribution in [2.75, 3.05) is 17.2 Å². The molecule has 0 saturated heterocycles. The van der Waals surface area contributed by atoms with Crippen LogP contribution in [0.5, 0.6) is 0 Å². The fourth-order valence-electron chi connectivity index (χ4n) is 1.89. The van der Waals surface area contributed by atoms with E-state index in [2.05, 4.69) is 59.6 Å².